The maximum Gasteiger partial charge on any atom is 0.181 e. The first kappa shape index (κ1) is 12.4. The highest BCUT2D eigenvalue weighted by atomic mass is 35.5. The van der Waals surface area contributed by atoms with Crippen molar-refractivity contribution in [3.8, 4) is 0 Å². The fourth-order valence-corrected chi connectivity index (χ4v) is 1.18. The van der Waals surface area contributed by atoms with Gasteiger partial charge in [0, 0.05) is 25.7 Å². The molecule has 1 rings (SSSR count). The summed E-state index contributed by atoms with van der Waals surface area (Å²) in [6.45, 7) is 5.96. The zero-order valence-electron chi connectivity index (χ0n) is 8.38. The maximum atomic E-state index is 5.02. The molecule has 1 heterocycles. The Morgan fingerprint density at radius 3 is 2.69 bits per heavy atom. The molecule has 0 fully saturated rings. The van der Waals surface area contributed by atoms with Crippen molar-refractivity contribution in [1.82, 2.24) is 0 Å². The highest BCUT2D eigenvalue weighted by molar-refractivity contribution is 5.10. The molecule has 0 radical (unpaired) electrons. The van der Waals surface area contributed by atoms with Crippen molar-refractivity contribution in [3.63, 3.8) is 0 Å². The number of aromatic nitrogens is 1. The molecule has 0 unspecified atom stereocenters. The lowest BCUT2D eigenvalue weighted by molar-refractivity contribution is -0.704. The zero-order valence-corrected chi connectivity index (χ0v) is 9.14. The van der Waals surface area contributed by atoms with E-state index in [-0.39, 0.29) is 12.4 Å². The number of methoxy groups -OCH3 is 1. The zero-order chi connectivity index (χ0) is 8.97. The van der Waals surface area contributed by atoms with Gasteiger partial charge < -0.3 is 17.1 Å². The first-order chi connectivity index (χ1) is 5.75. The Bertz CT molecular complexity index is 263. The van der Waals surface area contributed by atoms with Gasteiger partial charge >= 0.3 is 0 Å². The van der Waals surface area contributed by atoms with Crippen molar-refractivity contribution in [2.45, 2.75) is 20.4 Å². The average Bonchev–Trinajstić information content (AvgIpc) is 2.08. The Balaban J connectivity index is 0.00000144. The Morgan fingerprint density at radius 1 is 1.38 bits per heavy atom. The molecule has 0 bridgehead atoms. The minimum Gasteiger partial charge on any atom is -1.00 e. The van der Waals surface area contributed by atoms with E-state index in [0.717, 1.165) is 13.2 Å². The van der Waals surface area contributed by atoms with E-state index >= 15 is 0 Å². The molecule has 2 nitrogen and oxygen atoms in total. The molecule has 3 heteroatoms. The number of pyridine rings is 1. The van der Waals surface area contributed by atoms with Gasteiger partial charge in [0.1, 0.15) is 6.61 Å². The van der Waals surface area contributed by atoms with Crippen LogP contribution < -0.4 is 17.0 Å². The molecule has 0 atom stereocenters. The molecule has 13 heavy (non-hydrogen) atoms. The lowest BCUT2D eigenvalue weighted by Crippen LogP contribution is -3.00. The Kier molecular flexibility index (Phi) is 5.67. The topological polar surface area (TPSA) is 13.1 Å². The van der Waals surface area contributed by atoms with E-state index in [1.165, 1.54) is 11.3 Å². The van der Waals surface area contributed by atoms with Crippen LogP contribution >= 0.6 is 0 Å². The molecule has 0 aliphatic carbocycles. The first-order valence-corrected chi connectivity index (χ1v) is 4.20. The largest absolute Gasteiger partial charge is 1.00 e. The van der Waals surface area contributed by atoms with Crippen LogP contribution in [0.4, 0.5) is 0 Å². The van der Waals surface area contributed by atoms with E-state index in [1.807, 2.05) is 0 Å². The summed E-state index contributed by atoms with van der Waals surface area (Å²) in [7, 11) is 1.73. The fourth-order valence-electron chi connectivity index (χ4n) is 1.18. The molecule has 0 amide bonds. The van der Waals surface area contributed by atoms with Crippen molar-refractivity contribution in [3.05, 3.63) is 29.6 Å². The van der Waals surface area contributed by atoms with Crippen molar-refractivity contribution >= 4 is 0 Å². The second-order valence-corrected chi connectivity index (χ2v) is 2.96. The van der Waals surface area contributed by atoms with Gasteiger partial charge in [-0.3, -0.25) is 0 Å². The van der Waals surface area contributed by atoms with E-state index in [9.17, 15) is 0 Å². The minimum absolute atomic E-state index is 0. The van der Waals surface area contributed by atoms with Crippen molar-refractivity contribution in [2.75, 3.05) is 13.7 Å². The van der Waals surface area contributed by atoms with Gasteiger partial charge in [0.05, 0.1) is 0 Å². The second-order valence-electron chi connectivity index (χ2n) is 2.96. The predicted octanol–water partition coefficient (Wildman–Crippen LogP) is -1.76. The van der Waals surface area contributed by atoms with Crippen molar-refractivity contribution in [2.24, 2.45) is 0 Å². The monoisotopic (exact) mass is 201 g/mol. The van der Waals surface area contributed by atoms with Crippen molar-refractivity contribution in [1.29, 1.82) is 0 Å². The van der Waals surface area contributed by atoms with Crippen LogP contribution in [-0.2, 0) is 11.3 Å². The highest BCUT2D eigenvalue weighted by Gasteiger charge is 2.06. The summed E-state index contributed by atoms with van der Waals surface area (Å²) in [6, 6.07) is 4.19. The lowest BCUT2D eigenvalue weighted by Gasteiger charge is -2.01. The molecule has 0 saturated carbocycles. The highest BCUT2D eigenvalue weighted by Crippen LogP contribution is 1.98. The lowest BCUT2D eigenvalue weighted by atomic mass is 10.2. The molecule has 1 aromatic rings. The molecular weight excluding hydrogens is 186 g/mol. The number of hydrogen-bond acceptors (Lipinski definition) is 1. The fraction of sp³-hybridized carbons (Fsp3) is 0.500. The van der Waals surface area contributed by atoms with Crippen molar-refractivity contribution < 1.29 is 21.7 Å². The maximum absolute atomic E-state index is 5.02. The summed E-state index contributed by atoms with van der Waals surface area (Å²) >= 11 is 0. The van der Waals surface area contributed by atoms with Gasteiger partial charge in [-0.05, 0) is 13.0 Å². The van der Waals surface area contributed by atoms with Crippen LogP contribution in [0.3, 0.4) is 0 Å². The summed E-state index contributed by atoms with van der Waals surface area (Å²) in [5.41, 5.74) is 2.64. The molecule has 0 aromatic carbocycles. The van der Waals surface area contributed by atoms with E-state index in [0.29, 0.717) is 0 Å². The van der Waals surface area contributed by atoms with Crippen LogP contribution in [-0.4, -0.2) is 13.7 Å². The van der Waals surface area contributed by atoms with Crippen LogP contribution in [0, 0.1) is 13.8 Å². The van der Waals surface area contributed by atoms with Gasteiger partial charge in [-0.25, -0.2) is 4.57 Å². The van der Waals surface area contributed by atoms with Crippen LogP contribution in [0.5, 0.6) is 0 Å². The van der Waals surface area contributed by atoms with Gasteiger partial charge in [0.15, 0.2) is 18.4 Å². The van der Waals surface area contributed by atoms with Gasteiger partial charge in [0.2, 0.25) is 0 Å². The Morgan fingerprint density at radius 2 is 2.08 bits per heavy atom. The first-order valence-electron chi connectivity index (χ1n) is 4.20. The van der Waals surface area contributed by atoms with Crippen LogP contribution in [0.1, 0.15) is 11.3 Å². The number of rotatable bonds is 3. The second kappa shape index (κ2) is 5.95. The van der Waals surface area contributed by atoms with E-state index in [2.05, 4.69) is 36.7 Å². The molecule has 0 aliphatic rings. The number of nitrogens with zero attached hydrogens (tertiary/aromatic N) is 1. The summed E-state index contributed by atoms with van der Waals surface area (Å²) in [5.74, 6) is 0. The summed E-state index contributed by atoms with van der Waals surface area (Å²) in [5, 5.41) is 0. The van der Waals surface area contributed by atoms with Gasteiger partial charge in [-0.2, -0.15) is 0 Å². The smallest absolute Gasteiger partial charge is 0.181 e. The SMILES string of the molecule is COCC[n+]1cccc(C)c1C.[Cl-]. The Labute approximate surface area is 86.0 Å². The van der Waals surface area contributed by atoms with E-state index < -0.39 is 0 Å². The molecule has 0 spiro atoms. The van der Waals surface area contributed by atoms with Crippen LogP contribution in [0.15, 0.2) is 18.3 Å². The minimum atomic E-state index is 0. The van der Waals surface area contributed by atoms with Gasteiger partial charge in [-0.1, -0.05) is 0 Å². The third-order valence-electron chi connectivity index (χ3n) is 2.15. The normalized spacial score (nSPS) is 9.46. The molecule has 0 saturated heterocycles. The number of ether oxygens (including phenoxy) is 1. The predicted molar refractivity (Wildman–Crippen MR) is 48.0 cm³/mol. The molecule has 74 valence electrons. The summed E-state index contributed by atoms with van der Waals surface area (Å²) in [6.07, 6.45) is 2.08. The molecular formula is C10H16ClNO. The van der Waals surface area contributed by atoms with Gasteiger partial charge in [-0.15, -0.1) is 0 Å². The Hall–Kier alpha value is -0.600. The van der Waals surface area contributed by atoms with E-state index in [1.54, 1.807) is 7.11 Å². The summed E-state index contributed by atoms with van der Waals surface area (Å²) in [4.78, 5) is 0. The molecule has 0 aliphatic heterocycles. The van der Waals surface area contributed by atoms with Gasteiger partial charge in [0.25, 0.3) is 0 Å². The quantitative estimate of drug-likeness (QED) is 0.529. The third kappa shape index (κ3) is 3.33. The van der Waals surface area contributed by atoms with Crippen LogP contribution in [0.25, 0.3) is 0 Å². The molecule has 0 N–H and O–H groups in total. The van der Waals surface area contributed by atoms with E-state index in [4.69, 9.17) is 4.74 Å². The molecule has 1 aromatic heterocycles. The third-order valence-corrected chi connectivity index (χ3v) is 2.15. The number of aryl methyl sites for hydroxylation is 1. The number of hydrogen-bond donors (Lipinski definition) is 0. The van der Waals surface area contributed by atoms with Crippen LogP contribution in [0.2, 0.25) is 0 Å². The standard InChI is InChI=1S/C10H16NO.ClH/c1-9-5-4-6-11(10(9)2)7-8-12-3;/h4-6H,7-8H2,1-3H3;1H/q+1;/p-1. The average molecular weight is 202 g/mol. The number of halogens is 1. The summed E-state index contributed by atoms with van der Waals surface area (Å²) < 4.78 is 7.23.